The predicted octanol–water partition coefficient (Wildman–Crippen LogP) is 1.87. The molecule has 0 fully saturated rings. The van der Waals surface area contributed by atoms with E-state index in [1.165, 1.54) is 6.20 Å². The third-order valence-electron chi connectivity index (χ3n) is 2.37. The molecule has 1 aromatic heterocycles. The second-order valence-electron chi connectivity index (χ2n) is 4.28. The van der Waals surface area contributed by atoms with E-state index < -0.39 is 27.0 Å². The van der Waals surface area contributed by atoms with Crippen LogP contribution in [0.15, 0.2) is 22.8 Å². The zero-order valence-corrected chi connectivity index (χ0v) is 12.4. The number of aliphatic carboxylic acids is 1. The van der Waals surface area contributed by atoms with Crippen LogP contribution < -0.4 is 0 Å². The first-order valence-corrected chi connectivity index (χ1v) is 7.79. The molecule has 0 bridgehead atoms. The van der Waals surface area contributed by atoms with Gasteiger partial charge < -0.3 is 5.11 Å². The fraction of sp³-hybridized carbons (Fsp3) is 0.455. The fourth-order valence-corrected chi connectivity index (χ4v) is 3.77. The maximum Gasteiger partial charge on any atom is 0.322 e. The van der Waals surface area contributed by atoms with Gasteiger partial charge in [0.2, 0.25) is 0 Å². The average Bonchev–Trinajstić information content (AvgIpc) is 2.19. The van der Waals surface area contributed by atoms with Crippen molar-refractivity contribution in [1.82, 2.24) is 4.98 Å². The minimum absolute atomic E-state index is 0.338. The predicted molar refractivity (Wildman–Crippen MR) is 70.8 cm³/mol. The highest BCUT2D eigenvalue weighted by Crippen LogP contribution is 2.18. The molecule has 18 heavy (non-hydrogen) atoms. The molecule has 1 atom stereocenters. The van der Waals surface area contributed by atoms with Gasteiger partial charge in [-0.2, -0.15) is 0 Å². The number of nitrogens with zero attached hydrogens (tertiary/aromatic N) is 1. The SMILES string of the molecule is CC(C)C(C(=O)O)S(=O)(=O)Cc1ccc(Br)cn1. The summed E-state index contributed by atoms with van der Waals surface area (Å²) in [6.07, 6.45) is 1.48. The van der Waals surface area contributed by atoms with Crippen molar-refractivity contribution in [2.45, 2.75) is 24.9 Å². The van der Waals surface area contributed by atoms with Crippen LogP contribution >= 0.6 is 15.9 Å². The summed E-state index contributed by atoms with van der Waals surface area (Å²) in [6.45, 7) is 3.15. The summed E-state index contributed by atoms with van der Waals surface area (Å²) in [7, 11) is -3.76. The van der Waals surface area contributed by atoms with Gasteiger partial charge in [-0.25, -0.2) is 8.42 Å². The Bertz CT molecular complexity index is 524. The molecule has 1 N–H and O–H groups in total. The highest BCUT2D eigenvalue weighted by molar-refractivity contribution is 9.10. The molecule has 0 aliphatic rings. The van der Waals surface area contributed by atoms with Crippen molar-refractivity contribution in [1.29, 1.82) is 0 Å². The topological polar surface area (TPSA) is 84.3 Å². The maximum atomic E-state index is 12.0. The molecule has 100 valence electrons. The monoisotopic (exact) mass is 335 g/mol. The van der Waals surface area contributed by atoms with Gasteiger partial charge in [-0.15, -0.1) is 0 Å². The molecule has 0 amide bonds. The van der Waals surface area contributed by atoms with Gasteiger partial charge >= 0.3 is 5.97 Å². The minimum Gasteiger partial charge on any atom is -0.480 e. The van der Waals surface area contributed by atoms with Crippen molar-refractivity contribution < 1.29 is 18.3 Å². The molecule has 0 radical (unpaired) electrons. The van der Waals surface area contributed by atoms with Gasteiger partial charge in [-0.1, -0.05) is 13.8 Å². The number of carboxylic acids is 1. The molecule has 7 heteroatoms. The van der Waals surface area contributed by atoms with Gasteiger partial charge in [0.05, 0.1) is 11.4 Å². The Morgan fingerprint density at radius 2 is 2.06 bits per heavy atom. The number of pyridine rings is 1. The van der Waals surface area contributed by atoms with Crippen molar-refractivity contribution in [3.05, 3.63) is 28.5 Å². The van der Waals surface area contributed by atoms with Crippen LogP contribution in [0.2, 0.25) is 0 Å². The fourth-order valence-electron chi connectivity index (χ4n) is 1.64. The number of rotatable bonds is 5. The van der Waals surface area contributed by atoms with Gasteiger partial charge in [0.15, 0.2) is 15.1 Å². The summed E-state index contributed by atoms with van der Waals surface area (Å²) >= 11 is 3.19. The molecule has 0 aliphatic heterocycles. The summed E-state index contributed by atoms with van der Waals surface area (Å²) in [5, 5.41) is 7.59. The number of aromatic nitrogens is 1. The number of sulfone groups is 1. The zero-order valence-electron chi connectivity index (χ0n) is 10.00. The lowest BCUT2D eigenvalue weighted by Gasteiger charge is -2.16. The van der Waals surface area contributed by atoms with Gasteiger partial charge in [0, 0.05) is 10.7 Å². The Morgan fingerprint density at radius 3 is 2.44 bits per heavy atom. The highest BCUT2D eigenvalue weighted by atomic mass is 79.9. The smallest absolute Gasteiger partial charge is 0.322 e. The Labute approximate surface area is 114 Å². The Morgan fingerprint density at radius 1 is 1.44 bits per heavy atom. The van der Waals surface area contributed by atoms with Gasteiger partial charge in [0.25, 0.3) is 0 Å². The number of carboxylic acid groups (broad SMARTS) is 1. The van der Waals surface area contributed by atoms with E-state index >= 15 is 0 Å². The van der Waals surface area contributed by atoms with Crippen LogP contribution in [0.3, 0.4) is 0 Å². The summed E-state index contributed by atoms with van der Waals surface area (Å²) in [5.41, 5.74) is 0.338. The molecule has 0 aromatic carbocycles. The second-order valence-corrected chi connectivity index (χ2v) is 7.32. The number of carbonyl (C=O) groups is 1. The van der Waals surface area contributed by atoms with Crippen molar-refractivity contribution in [2.24, 2.45) is 5.92 Å². The van der Waals surface area contributed by atoms with E-state index in [0.717, 1.165) is 4.47 Å². The largest absolute Gasteiger partial charge is 0.480 e. The minimum atomic E-state index is -3.76. The summed E-state index contributed by atoms with van der Waals surface area (Å²) in [6, 6.07) is 3.23. The van der Waals surface area contributed by atoms with E-state index in [-0.39, 0.29) is 5.75 Å². The van der Waals surface area contributed by atoms with E-state index in [1.807, 2.05) is 0 Å². The molecule has 1 heterocycles. The summed E-state index contributed by atoms with van der Waals surface area (Å²) < 4.78 is 24.8. The van der Waals surface area contributed by atoms with Crippen molar-refractivity contribution in [3.63, 3.8) is 0 Å². The molecule has 0 saturated carbocycles. The van der Waals surface area contributed by atoms with E-state index in [4.69, 9.17) is 5.11 Å². The van der Waals surface area contributed by atoms with Gasteiger partial charge in [-0.05, 0) is 34.0 Å². The molecule has 0 aliphatic carbocycles. The average molecular weight is 336 g/mol. The Balaban J connectivity index is 3.00. The first-order chi connectivity index (χ1) is 8.24. The summed E-state index contributed by atoms with van der Waals surface area (Å²) in [4.78, 5) is 15.0. The first-order valence-electron chi connectivity index (χ1n) is 5.29. The Hall–Kier alpha value is -0.950. The molecular weight excluding hydrogens is 322 g/mol. The molecule has 0 spiro atoms. The highest BCUT2D eigenvalue weighted by Gasteiger charge is 2.35. The van der Waals surface area contributed by atoms with E-state index in [9.17, 15) is 13.2 Å². The molecular formula is C11H14BrNO4S. The normalized spacial score (nSPS) is 13.6. The summed E-state index contributed by atoms with van der Waals surface area (Å²) in [5.74, 6) is -2.17. The van der Waals surface area contributed by atoms with E-state index in [2.05, 4.69) is 20.9 Å². The lowest BCUT2D eigenvalue weighted by molar-refractivity contribution is -0.137. The van der Waals surface area contributed by atoms with Crippen LogP contribution in [0, 0.1) is 5.92 Å². The third kappa shape index (κ3) is 3.78. The molecule has 1 rings (SSSR count). The third-order valence-corrected chi connectivity index (χ3v) is 5.06. The molecule has 5 nitrogen and oxygen atoms in total. The number of hydrogen-bond donors (Lipinski definition) is 1. The van der Waals surface area contributed by atoms with Crippen LogP contribution in [0.5, 0.6) is 0 Å². The first kappa shape index (κ1) is 15.1. The van der Waals surface area contributed by atoms with Crippen LogP contribution in [0.1, 0.15) is 19.5 Å². The lowest BCUT2D eigenvalue weighted by atomic mass is 10.1. The number of halogens is 1. The van der Waals surface area contributed by atoms with Crippen molar-refractivity contribution in [3.8, 4) is 0 Å². The van der Waals surface area contributed by atoms with Crippen LogP contribution in [0.25, 0.3) is 0 Å². The van der Waals surface area contributed by atoms with Crippen molar-refractivity contribution >= 4 is 31.7 Å². The Kier molecular flexibility index (Phi) is 4.86. The zero-order chi connectivity index (χ0) is 13.9. The number of hydrogen-bond acceptors (Lipinski definition) is 4. The van der Waals surface area contributed by atoms with Crippen LogP contribution in [-0.2, 0) is 20.4 Å². The van der Waals surface area contributed by atoms with Crippen molar-refractivity contribution in [2.75, 3.05) is 0 Å². The lowest BCUT2D eigenvalue weighted by Crippen LogP contribution is -2.35. The standard InChI is InChI=1S/C11H14BrNO4S/c1-7(2)10(11(14)15)18(16,17)6-9-4-3-8(12)5-13-9/h3-5,7,10H,6H2,1-2H3,(H,14,15). The van der Waals surface area contributed by atoms with E-state index in [1.54, 1.807) is 26.0 Å². The van der Waals surface area contributed by atoms with Crippen LogP contribution in [0.4, 0.5) is 0 Å². The molecule has 0 saturated heterocycles. The van der Waals surface area contributed by atoms with Gasteiger partial charge in [0.1, 0.15) is 0 Å². The van der Waals surface area contributed by atoms with E-state index in [0.29, 0.717) is 5.69 Å². The molecule has 1 unspecified atom stereocenters. The second kappa shape index (κ2) is 5.79. The maximum absolute atomic E-state index is 12.0. The quantitative estimate of drug-likeness (QED) is 0.887. The molecule has 1 aromatic rings. The van der Waals surface area contributed by atoms with Gasteiger partial charge in [-0.3, -0.25) is 9.78 Å². The van der Waals surface area contributed by atoms with Crippen LogP contribution in [-0.4, -0.2) is 29.7 Å².